The Morgan fingerprint density at radius 2 is 1.85 bits per heavy atom. The number of rotatable bonds is 6. The van der Waals surface area contributed by atoms with Crippen molar-refractivity contribution in [3.8, 4) is 6.07 Å². The fourth-order valence-corrected chi connectivity index (χ4v) is 3.48. The van der Waals surface area contributed by atoms with Crippen molar-refractivity contribution in [2.75, 3.05) is 22.4 Å². The molecule has 0 fully saturated rings. The average molecular weight is 412 g/mol. The number of halogens is 2. The minimum absolute atomic E-state index is 0.126. The standard InChI is InChI=1S/C17H15Cl2N3O3S/c1-26(24,25)22(16-10-13(18)4-7-15(16)19)11-17(23)21-14-5-2-12(3-6-14)8-9-20/h2-7,10H,8,11H2,1H3,(H,21,23). The molecule has 0 spiro atoms. The molecule has 2 aromatic carbocycles. The Morgan fingerprint density at radius 3 is 2.42 bits per heavy atom. The molecular formula is C17H15Cl2N3O3S. The van der Waals surface area contributed by atoms with E-state index < -0.39 is 22.5 Å². The van der Waals surface area contributed by atoms with E-state index in [0.717, 1.165) is 16.1 Å². The average Bonchev–Trinajstić information content (AvgIpc) is 2.56. The van der Waals surface area contributed by atoms with Crippen LogP contribution in [0.3, 0.4) is 0 Å². The lowest BCUT2D eigenvalue weighted by molar-refractivity contribution is -0.114. The molecule has 0 saturated heterocycles. The van der Waals surface area contributed by atoms with E-state index in [1.54, 1.807) is 24.3 Å². The van der Waals surface area contributed by atoms with E-state index in [4.69, 9.17) is 28.5 Å². The number of benzene rings is 2. The van der Waals surface area contributed by atoms with Crippen molar-refractivity contribution < 1.29 is 13.2 Å². The minimum atomic E-state index is -3.77. The Balaban J connectivity index is 2.20. The van der Waals surface area contributed by atoms with Gasteiger partial charge in [-0.25, -0.2) is 8.42 Å². The van der Waals surface area contributed by atoms with E-state index in [1.807, 2.05) is 6.07 Å². The molecule has 0 aliphatic heterocycles. The summed E-state index contributed by atoms with van der Waals surface area (Å²) in [7, 11) is -3.77. The maximum absolute atomic E-state index is 12.3. The zero-order valence-electron chi connectivity index (χ0n) is 13.7. The molecule has 0 unspecified atom stereocenters. The van der Waals surface area contributed by atoms with Crippen LogP contribution in [0.5, 0.6) is 0 Å². The first-order valence-corrected chi connectivity index (χ1v) is 9.99. The predicted octanol–water partition coefficient (Wildman–Crippen LogP) is 3.46. The van der Waals surface area contributed by atoms with Gasteiger partial charge in [0.05, 0.1) is 29.5 Å². The van der Waals surface area contributed by atoms with Crippen molar-refractivity contribution in [1.82, 2.24) is 0 Å². The molecule has 0 radical (unpaired) electrons. The fourth-order valence-electron chi connectivity index (χ4n) is 2.19. The van der Waals surface area contributed by atoms with Crippen LogP contribution >= 0.6 is 23.2 Å². The summed E-state index contributed by atoms with van der Waals surface area (Å²) in [5.74, 6) is -0.542. The summed E-state index contributed by atoms with van der Waals surface area (Å²) in [5, 5.41) is 11.7. The molecule has 0 aliphatic carbocycles. The zero-order chi connectivity index (χ0) is 19.3. The normalized spacial score (nSPS) is 10.8. The van der Waals surface area contributed by atoms with Gasteiger partial charge in [-0.2, -0.15) is 5.26 Å². The molecule has 6 nitrogen and oxygen atoms in total. The highest BCUT2D eigenvalue weighted by Crippen LogP contribution is 2.30. The van der Waals surface area contributed by atoms with Gasteiger partial charge in [-0.05, 0) is 35.9 Å². The molecule has 2 aromatic rings. The summed E-state index contributed by atoms with van der Waals surface area (Å²) in [4.78, 5) is 12.3. The van der Waals surface area contributed by atoms with Gasteiger partial charge in [-0.1, -0.05) is 35.3 Å². The third-order valence-corrected chi connectivity index (χ3v) is 5.07. The first-order chi connectivity index (χ1) is 12.2. The molecule has 0 saturated carbocycles. The number of nitrogens with one attached hydrogen (secondary N) is 1. The summed E-state index contributed by atoms with van der Waals surface area (Å²) in [5.41, 5.74) is 1.43. The van der Waals surface area contributed by atoms with Crippen molar-refractivity contribution in [3.63, 3.8) is 0 Å². The summed E-state index contributed by atoms with van der Waals surface area (Å²) in [6, 6.07) is 13.1. The molecule has 1 N–H and O–H groups in total. The highest BCUT2D eigenvalue weighted by atomic mass is 35.5. The number of anilines is 2. The van der Waals surface area contributed by atoms with E-state index in [2.05, 4.69) is 5.32 Å². The molecule has 0 atom stereocenters. The number of carbonyl (C=O) groups is 1. The molecule has 2 rings (SSSR count). The lowest BCUT2D eigenvalue weighted by Crippen LogP contribution is -2.37. The van der Waals surface area contributed by atoms with Crippen molar-refractivity contribution in [2.24, 2.45) is 0 Å². The number of hydrogen-bond donors (Lipinski definition) is 1. The molecule has 136 valence electrons. The van der Waals surface area contributed by atoms with Crippen molar-refractivity contribution in [1.29, 1.82) is 5.26 Å². The minimum Gasteiger partial charge on any atom is -0.325 e. The van der Waals surface area contributed by atoms with Gasteiger partial charge in [0.2, 0.25) is 15.9 Å². The van der Waals surface area contributed by atoms with Crippen LogP contribution in [0.1, 0.15) is 5.56 Å². The van der Waals surface area contributed by atoms with Crippen LogP contribution in [-0.2, 0) is 21.2 Å². The second kappa shape index (κ2) is 8.41. The molecule has 1 amide bonds. The van der Waals surface area contributed by atoms with Crippen LogP contribution in [0.25, 0.3) is 0 Å². The van der Waals surface area contributed by atoms with Crippen LogP contribution in [-0.4, -0.2) is 27.1 Å². The summed E-state index contributed by atoms with van der Waals surface area (Å²) in [6.07, 6.45) is 1.25. The van der Waals surface area contributed by atoms with Gasteiger partial charge >= 0.3 is 0 Å². The first-order valence-electron chi connectivity index (χ1n) is 7.39. The topological polar surface area (TPSA) is 90.3 Å². The first kappa shape index (κ1) is 20.0. The van der Waals surface area contributed by atoms with Gasteiger partial charge < -0.3 is 5.32 Å². The quantitative estimate of drug-likeness (QED) is 0.787. The van der Waals surface area contributed by atoms with Crippen LogP contribution in [0.4, 0.5) is 11.4 Å². The van der Waals surface area contributed by atoms with Crippen molar-refractivity contribution in [2.45, 2.75) is 6.42 Å². The third kappa shape index (κ3) is 5.36. The number of nitriles is 1. The maximum atomic E-state index is 12.3. The largest absolute Gasteiger partial charge is 0.325 e. The third-order valence-electron chi connectivity index (χ3n) is 3.39. The Bertz CT molecular complexity index is 954. The second-order valence-corrected chi connectivity index (χ2v) is 8.20. The number of amides is 1. The Morgan fingerprint density at radius 1 is 1.19 bits per heavy atom. The van der Waals surface area contributed by atoms with Crippen molar-refractivity contribution >= 4 is 50.5 Å². The predicted molar refractivity (Wildman–Crippen MR) is 103 cm³/mol. The van der Waals surface area contributed by atoms with Gasteiger partial charge in [-0.3, -0.25) is 9.10 Å². The Hall–Kier alpha value is -2.27. The van der Waals surface area contributed by atoms with Crippen molar-refractivity contribution in [3.05, 3.63) is 58.1 Å². The van der Waals surface area contributed by atoms with E-state index in [0.29, 0.717) is 10.7 Å². The smallest absolute Gasteiger partial charge is 0.245 e. The maximum Gasteiger partial charge on any atom is 0.245 e. The summed E-state index contributed by atoms with van der Waals surface area (Å²) >= 11 is 12.0. The molecule has 0 aromatic heterocycles. The van der Waals surface area contributed by atoms with Gasteiger partial charge in [0.25, 0.3) is 0 Å². The van der Waals surface area contributed by atoms with Crippen LogP contribution < -0.4 is 9.62 Å². The van der Waals surface area contributed by atoms with E-state index >= 15 is 0 Å². The van der Waals surface area contributed by atoms with Crippen LogP contribution in [0.15, 0.2) is 42.5 Å². The number of sulfonamides is 1. The van der Waals surface area contributed by atoms with Gasteiger partial charge in [0.1, 0.15) is 6.54 Å². The molecular weight excluding hydrogens is 397 g/mol. The summed E-state index contributed by atoms with van der Waals surface area (Å²) < 4.78 is 25.1. The monoisotopic (exact) mass is 411 g/mol. The number of carbonyl (C=O) groups excluding carboxylic acids is 1. The molecule has 0 heterocycles. The summed E-state index contributed by atoms with van der Waals surface area (Å²) in [6.45, 7) is -0.459. The Kier molecular flexibility index (Phi) is 6.48. The van der Waals surface area contributed by atoms with Gasteiger partial charge in [0.15, 0.2) is 0 Å². The highest BCUT2D eigenvalue weighted by Gasteiger charge is 2.23. The van der Waals surface area contributed by atoms with Crippen LogP contribution in [0.2, 0.25) is 10.0 Å². The lowest BCUT2D eigenvalue weighted by atomic mass is 10.1. The molecule has 26 heavy (non-hydrogen) atoms. The zero-order valence-corrected chi connectivity index (χ0v) is 16.1. The Labute approximate surface area is 162 Å². The highest BCUT2D eigenvalue weighted by molar-refractivity contribution is 7.92. The van der Waals surface area contributed by atoms with Gasteiger partial charge in [-0.15, -0.1) is 0 Å². The molecule has 0 bridgehead atoms. The fraction of sp³-hybridized carbons (Fsp3) is 0.176. The number of nitrogens with zero attached hydrogens (tertiary/aromatic N) is 2. The van der Waals surface area contributed by atoms with Crippen LogP contribution in [0, 0.1) is 11.3 Å². The lowest BCUT2D eigenvalue weighted by Gasteiger charge is -2.23. The van der Waals surface area contributed by atoms with E-state index in [-0.39, 0.29) is 17.1 Å². The van der Waals surface area contributed by atoms with Gasteiger partial charge in [0, 0.05) is 10.7 Å². The molecule has 9 heteroatoms. The van der Waals surface area contributed by atoms with E-state index in [9.17, 15) is 13.2 Å². The molecule has 0 aliphatic rings. The number of hydrogen-bond acceptors (Lipinski definition) is 4. The second-order valence-electron chi connectivity index (χ2n) is 5.45. The van der Waals surface area contributed by atoms with E-state index in [1.165, 1.54) is 18.2 Å². The SMILES string of the molecule is CS(=O)(=O)N(CC(=O)Nc1ccc(CC#N)cc1)c1cc(Cl)ccc1Cl.